The topological polar surface area (TPSA) is 63.0 Å². The fraction of sp³-hybridized carbons (Fsp3) is 0.400. The molecule has 1 aliphatic rings. The average Bonchev–Trinajstić information content (AvgIpc) is 3.08. The first-order chi connectivity index (χ1) is 13.1. The summed E-state index contributed by atoms with van der Waals surface area (Å²) >= 11 is 12.7. The molecule has 1 fully saturated rings. The van der Waals surface area contributed by atoms with Gasteiger partial charge in [-0.15, -0.1) is 24.8 Å². The maximum Gasteiger partial charge on any atom is 0.161 e. The highest BCUT2D eigenvalue weighted by Gasteiger charge is 2.22. The number of hydrogen-bond donors (Lipinski definition) is 2. The van der Waals surface area contributed by atoms with Crippen molar-refractivity contribution in [2.24, 2.45) is 0 Å². The van der Waals surface area contributed by atoms with Crippen molar-refractivity contribution >= 4 is 59.2 Å². The molecule has 0 spiro atoms. The van der Waals surface area contributed by atoms with Crippen LogP contribution in [0.2, 0.25) is 10.0 Å². The van der Waals surface area contributed by atoms with Crippen LogP contribution in [0.3, 0.4) is 0 Å². The van der Waals surface area contributed by atoms with Crippen molar-refractivity contribution < 1.29 is 5.11 Å². The Balaban J connectivity index is 0.00000150. The molecule has 29 heavy (non-hydrogen) atoms. The third kappa shape index (κ3) is 5.35. The van der Waals surface area contributed by atoms with Gasteiger partial charge in [0, 0.05) is 29.4 Å². The van der Waals surface area contributed by atoms with Crippen molar-refractivity contribution in [1.29, 1.82) is 0 Å². The van der Waals surface area contributed by atoms with Gasteiger partial charge in [-0.1, -0.05) is 35.3 Å². The predicted molar refractivity (Wildman–Crippen MR) is 124 cm³/mol. The summed E-state index contributed by atoms with van der Waals surface area (Å²) < 4.78 is 2.03. The summed E-state index contributed by atoms with van der Waals surface area (Å²) in [7, 11) is 0. The molecule has 0 unspecified atom stereocenters. The standard InChI is InChI=1S/C20H22Cl2N4O.2ClH/c21-14-5-1-4-13(10-14)15-11-24-20-19(18(15)22)25-12-26(20)9-3-6-16-17(27)7-2-8-23-16;;/h1,4-5,10-12,16-17,23,27H,2-3,6-9H2;2*1H/t16-,17+;;/m1../s1. The minimum atomic E-state index is -0.244. The molecule has 5 nitrogen and oxygen atoms in total. The van der Waals surface area contributed by atoms with Crippen LogP contribution in [0.1, 0.15) is 25.7 Å². The van der Waals surface area contributed by atoms with Gasteiger partial charge in [-0.05, 0) is 49.9 Å². The second-order valence-corrected chi connectivity index (χ2v) is 7.83. The molecule has 9 heteroatoms. The van der Waals surface area contributed by atoms with E-state index in [4.69, 9.17) is 23.2 Å². The Bertz CT molecular complexity index is 949. The highest BCUT2D eigenvalue weighted by atomic mass is 35.5. The second kappa shape index (κ2) is 10.8. The molecule has 0 radical (unpaired) electrons. The monoisotopic (exact) mass is 476 g/mol. The van der Waals surface area contributed by atoms with Crippen LogP contribution in [-0.4, -0.2) is 38.3 Å². The van der Waals surface area contributed by atoms with E-state index in [0.29, 0.717) is 15.6 Å². The minimum absolute atomic E-state index is 0. The fourth-order valence-electron chi connectivity index (χ4n) is 3.71. The Morgan fingerprint density at radius 2 is 2.03 bits per heavy atom. The van der Waals surface area contributed by atoms with E-state index >= 15 is 0 Å². The number of fused-ring (bicyclic) bond motifs is 1. The normalized spacial score (nSPS) is 18.9. The van der Waals surface area contributed by atoms with Gasteiger partial charge >= 0.3 is 0 Å². The first-order valence-electron chi connectivity index (χ1n) is 9.30. The van der Waals surface area contributed by atoms with Gasteiger partial charge in [0.1, 0.15) is 5.52 Å². The number of piperidine rings is 1. The number of nitrogens with zero attached hydrogens (tertiary/aromatic N) is 3. The van der Waals surface area contributed by atoms with Gasteiger partial charge in [-0.3, -0.25) is 0 Å². The largest absolute Gasteiger partial charge is 0.392 e. The van der Waals surface area contributed by atoms with Crippen LogP contribution in [0.5, 0.6) is 0 Å². The molecule has 0 amide bonds. The van der Waals surface area contributed by atoms with Gasteiger partial charge in [-0.2, -0.15) is 0 Å². The first-order valence-corrected chi connectivity index (χ1v) is 10.1. The zero-order valence-electron chi connectivity index (χ0n) is 15.7. The third-order valence-corrected chi connectivity index (χ3v) is 5.79. The van der Waals surface area contributed by atoms with E-state index in [9.17, 15) is 5.11 Å². The summed E-state index contributed by atoms with van der Waals surface area (Å²) in [5.74, 6) is 0. The van der Waals surface area contributed by atoms with E-state index in [1.54, 1.807) is 12.5 Å². The molecular formula is C20H24Cl4N4O. The number of aromatic nitrogens is 3. The molecule has 4 rings (SSSR count). The molecular weight excluding hydrogens is 454 g/mol. The molecule has 3 aromatic rings. The van der Waals surface area contributed by atoms with Crippen LogP contribution >= 0.6 is 48.0 Å². The van der Waals surface area contributed by atoms with Crippen LogP contribution in [0.15, 0.2) is 36.8 Å². The summed E-state index contributed by atoms with van der Waals surface area (Å²) in [6, 6.07) is 7.73. The van der Waals surface area contributed by atoms with Crippen LogP contribution in [0, 0.1) is 0 Å². The number of pyridine rings is 1. The molecule has 1 aromatic carbocycles. The van der Waals surface area contributed by atoms with Crippen LogP contribution < -0.4 is 5.32 Å². The zero-order chi connectivity index (χ0) is 18.8. The molecule has 2 N–H and O–H groups in total. The van der Waals surface area contributed by atoms with Crippen molar-refractivity contribution in [2.45, 2.75) is 44.4 Å². The molecule has 1 aliphatic heterocycles. The number of benzene rings is 1. The fourth-order valence-corrected chi connectivity index (χ4v) is 4.19. The maximum atomic E-state index is 10.1. The molecule has 3 heterocycles. The van der Waals surface area contributed by atoms with Crippen molar-refractivity contribution in [3.8, 4) is 11.1 Å². The van der Waals surface area contributed by atoms with E-state index < -0.39 is 0 Å². The van der Waals surface area contributed by atoms with Gasteiger partial charge in [0.25, 0.3) is 0 Å². The lowest BCUT2D eigenvalue weighted by atomic mass is 9.97. The van der Waals surface area contributed by atoms with Crippen LogP contribution in [-0.2, 0) is 6.54 Å². The third-order valence-electron chi connectivity index (χ3n) is 5.17. The number of hydrogen-bond acceptors (Lipinski definition) is 4. The first kappa shape index (κ1) is 24.2. The van der Waals surface area contributed by atoms with Crippen molar-refractivity contribution in [2.75, 3.05) is 6.54 Å². The van der Waals surface area contributed by atoms with E-state index in [0.717, 1.165) is 55.5 Å². The lowest BCUT2D eigenvalue weighted by Crippen LogP contribution is -2.44. The number of aliphatic hydroxyl groups excluding tert-OH is 1. The van der Waals surface area contributed by atoms with Gasteiger partial charge < -0.3 is 15.0 Å². The van der Waals surface area contributed by atoms with Crippen molar-refractivity contribution in [3.63, 3.8) is 0 Å². The number of imidazole rings is 1. The van der Waals surface area contributed by atoms with E-state index in [1.807, 2.05) is 28.8 Å². The molecule has 2 atom stereocenters. The van der Waals surface area contributed by atoms with Gasteiger partial charge in [0.05, 0.1) is 17.5 Å². The summed E-state index contributed by atoms with van der Waals surface area (Å²) in [6.45, 7) is 1.78. The number of halogens is 4. The number of aliphatic hydroxyl groups is 1. The molecule has 1 saturated heterocycles. The lowest BCUT2D eigenvalue weighted by Gasteiger charge is -2.28. The number of aryl methyl sites for hydroxylation is 1. The molecule has 158 valence electrons. The summed E-state index contributed by atoms with van der Waals surface area (Å²) in [6.07, 6.45) is 7.11. The molecule has 2 aromatic heterocycles. The van der Waals surface area contributed by atoms with E-state index in [1.165, 1.54) is 0 Å². The quantitative estimate of drug-likeness (QED) is 0.533. The SMILES string of the molecule is Cl.Cl.O[C@H]1CCCN[C@@H]1CCCn1cnc2c(Cl)c(-c3cccc(Cl)c3)cnc21. The van der Waals surface area contributed by atoms with Crippen molar-refractivity contribution in [3.05, 3.63) is 46.8 Å². The Morgan fingerprint density at radius 1 is 1.21 bits per heavy atom. The van der Waals surface area contributed by atoms with Crippen LogP contribution in [0.25, 0.3) is 22.3 Å². The van der Waals surface area contributed by atoms with Gasteiger partial charge in [0.15, 0.2) is 5.65 Å². The minimum Gasteiger partial charge on any atom is -0.392 e. The van der Waals surface area contributed by atoms with Gasteiger partial charge in [0.2, 0.25) is 0 Å². The Labute approximate surface area is 192 Å². The van der Waals surface area contributed by atoms with E-state index in [2.05, 4.69) is 15.3 Å². The summed E-state index contributed by atoms with van der Waals surface area (Å²) in [4.78, 5) is 9.07. The lowest BCUT2D eigenvalue weighted by molar-refractivity contribution is 0.0909. The Morgan fingerprint density at radius 3 is 2.79 bits per heavy atom. The highest BCUT2D eigenvalue weighted by molar-refractivity contribution is 6.37. The highest BCUT2D eigenvalue weighted by Crippen LogP contribution is 2.33. The number of rotatable bonds is 5. The van der Waals surface area contributed by atoms with Gasteiger partial charge in [-0.25, -0.2) is 9.97 Å². The molecule has 0 bridgehead atoms. The number of nitrogens with one attached hydrogen (secondary N) is 1. The summed E-state index contributed by atoms with van der Waals surface area (Å²) in [5, 5.41) is 14.7. The van der Waals surface area contributed by atoms with E-state index in [-0.39, 0.29) is 37.0 Å². The molecule has 0 aliphatic carbocycles. The Kier molecular flexibility index (Phi) is 9.01. The van der Waals surface area contributed by atoms with Crippen LogP contribution in [0.4, 0.5) is 0 Å². The molecule has 0 saturated carbocycles. The summed E-state index contributed by atoms with van der Waals surface area (Å²) in [5.41, 5.74) is 3.23. The Hall–Kier alpha value is -1.08. The maximum absolute atomic E-state index is 10.1. The average molecular weight is 478 g/mol. The van der Waals surface area contributed by atoms with Crippen molar-refractivity contribution in [1.82, 2.24) is 19.9 Å². The predicted octanol–water partition coefficient (Wildman–Crippen LogP) is 5.14. The second-order valence-electron chi connectivity index (χ2n) is 7.02. The zero-order valence-corrected chi connectivity index (χ0v) is 18.9. The smallest absolute Gasteiger partial charge is 0.161 e.